The summed E-state index contributed by atoms with van der Waals surface area (Å²) in [5, 5.41) is 10.1. The van der Waals surface area contributed by atoms with E-state index in [2.05, 4.69) is 9.64 Å². The van der Waals surface area contributed by atoms with Crippen LogP contribution >= 0.6 is 0 Å². The van der Waals surface area contributed by atoms with Crippen LogP contribution in [0.1, 0.15) is 39.5 Å². The number of carbonyl (C=O) groups is 1. The molecule has 0 aromatic rings. The van der Waals surface area contributed by atoms with E-state index in [0.717, 1.165) is 25.8 Å². The van der Waals surface area contributed by atoms with E-state index in [1.54, 1.807) is 0 Å². The van der Waals surface area contributed by atoms with E-state index < -0.39 is 5.60 Å². The number of likely N-dealkylation sites (N-methyl/N-ethyl adjacent to an activating group) is 1. The Kier molecular flexibility index (Phi) is 7.34. The lowest BCUT2D eigenvalue weighted by molar-refractivity contribution is -0.140. The normalized spacial score (nSPS) is 11.9. The molecule has 0 saturated heterocycles. The molecule has 0 bridgehead atoms. The Morgan fingerprint density at radius 1 is 1.38 bits per heavy atom. The topological polar surface area (TPSA) is 49.8 Å². The van der Waals surface area contributed by atoms with Crippen molar-refractivity contribution in [2.75, 3.05) is 27.2 Å². The van der Waals surface area contributed by atoms with Gasteiger partial charge in [-0.05, 0) is 32.9 Å². The van der Waals surface area contributed by atoms with Crippen molar-refractivity contribution >= 4 is 5.97 Å². The van der Waals surface area contributed by atoms with E-state index in [4.69, 9.17) is 0 Å². The summed E-state index contributed by atoms with van der Waals surface area (Å²) in [5.74, 6) is -0.172. The predicted octanol–water partition coefficient (Wildman–Crippen LogP) is 1.42. The molecule has 0 aromatic carbocycles. The molecule has 0 aliphatic carbocycles. The quantitative estimate of drug-likeness (QED) is 0.642. The molecule has 1 N–H and O–H groups in total. The molecule has 96 valence electrons. The smallest absolute Gasteiger partial charge is 0.305 e. The van der Waals surface area contributed by atoms with Gasteiger partial charge in [0.05, 0.1) is 12.7 Å². The molecule has 0 rings (SSSR count). The first-order valence-corrected chi connectivity index (χ1v) is 5.95. The molecule has 4 nitrogen and oxygen atoms in total. The number of methoxy groups -OCH3 is 1. The number of nitrogens with zero attached hydrogens (tertiary/aromatic N) is 1. The molecule has 16 heavy (non-hydrogen) atoms. The van der Waals surface area contributed by atoms with Gasteiger partial charge in [-0.3, -0.25) is 4.79 Å². The van der Waals surface area contributed by atoms with Crippen molar-refractivity contribution in [2.24, 2.45) is 0 Å². The van der Waals surface area contributed by atoms with Crippen molar-refractivity contribution in [2.45, 2.75) is 45.1 Å². The maximum atomic E-state index is 10.9. The Labute approximate surface area is 98.6 Å². The Balaban J connectivity index is 3.81. The van der Waals surface area contributed by atoms with Gasteiger partial charge in [-0.1, -0.05) is 13.8 Å². The molecular formula is C12H25NO3. The minimum absolute atomic E-state index is 0.172. The number of ether oxygens (including phenoxy) is 1. The van der Waals surface area contributed by atoms with Crippen molar-refractivity contribution in [3.05, 3.63) is 0 Å². The van der Waals surface area contributed by atoms with Gasteiger partial charge in [0.25, 0.3) is 0 Å². The summed E-state index contributed by atoms with van der Waals surface area (Å²) in [6.45, 7) is 5.44. The number of hydrogen-bond donors (Lipinski definition) is 1. The van der Waals surface area contributed by atoms with Crippen molar-refractivity contribution in [3.8, 4) is 0 Å². The van der Waals surface area contributed by atoms with Gasteiger partial charge in [0.2, 0.25) is 0 Å². The third-order valence-corrected chi connectivity index (χ3v) is 3.03. The average Bonchev–Trinajstić information content (AvgIpc) is 2.28. The fourth-order valence-electron chi connectivity index (χ4n) is 1.65. The second-order valence-electron chi connectivity index (χ2n) is 4.35. The van der Waals surface area contributed by atoms with Crippen LogP contribution in [0, 0.1) is 0 Å². The summed E-state index contributed by atoms with van der Waals surface area (Å²) in [5.41, 5.74) is -0.597. The minimum atomic E-state index is -0.597. The fourth-order valence-corrected chi connectivity index (χ4v) is 1.65. The zero-order valence-electron chi connectivity index (χ0n) is 11.0. The lowest BCUT2D eigenvalue weighted by Gasteiger charge is -2.30. The van der Waals surface area contributed by atoms with Gasteiger partial charge in [0.15, 0.2) is 0 Å². The highest BCUT2D eigenvalue weighted by Gasteiger charge is 2.23. The highest BCUT2D eigenvalue weighted by atomic mass is 16.5. The van der Waals surface area contributed by atoms with Gasteiger partial charge in [-0.15, -0.1) is 0 Å². The Morgan fingerprint density at radius 3 is 2.38 bits per heavy atom. The molecule has 4 heteroatoms. The van der Waals surface area contributed by atoms with Crippen LogP contribution in [0.4, 0.5) is 0 Å². The van der Waals surface area contributed by atoms with Crippen LogP contribution in [-0.4, -0.2) is 48.8 Å². The highest BCUT2D eigenvalue weighted by molar-refractivity contribution is 5.69. The molecule has 0 aliphatic rings. The lowest BCUT2D eigenvalue weighted by atomic mass is 9.97. The number of carbonyl (C=O) groups excluding carboxylic acids is 1. The van der Waals surface area contributed by atoms with Gasteiger partial charge in [0.1, 0.15) is 0 Å². The first kappa shape index (κ1) is 15.4. The molecule has 0 aromatic heterocycles. The Bertz CT molecular complexity index is 202. The van der Waals surface area contributed by atoms with Crippen molar-refractivity contribution in [1.29, 1.82) is 0 Å². The third kappa shape index (κ3) is 6.08. The number of aliphatic hydroxyl groups is 1. The lowest BCUT2D eigenvalue weighted by Crippen LogP contribution is -2.40. The predicted molar refractivity (Wildman–Crippen MR) is 64.3 cm³/mol. The molecule has 0 atom stereocenters. The van der Waals surface area contributed by atoms with E-state index in [0.29, 0.717) is 13.0 Å². The van der Waals surface area contributed by atoms with E-state index in [1.807, 2.05) is 20.9 Å². The minimum Gasteiger partial charge on any atom is -0.469 e. The molecule has 0 spiro atoms. The molecule has 0 fully saturated rings. The van der Waals surface area contributed by atoms with Gasteiger partial charge >= 0.3 is 5.97 Å². The maximum absolute atomic E-state index is 10.9. The van der Waals surface area contributed by atoms with Gasteiger partial charge < -0.3 is 14.7 Å². The second kappa shape index (κ2) is 7.63. The van der Waals surface area contributed by atoms with Gasteiger partial charge in [0, 0.05) is 13.0 Å². The molecular weight excluding hydrogens is 206 g/mol. The van der Waals surface area contributed by atoms with Crippen molar-refractivity contribution < 1.29 is 14.6 Å². The van der Waals surface area contributed by atoms with Gasteiger partial charge in [-0.2, -0.15) is 0 Å². The summed E-state index contributed by atoms with van der Waals surface area (Å²) in [7, 11) is 3.37. The first-order chi connectivity index (χ1) is 7.47. The molecule has 0 aliphatic heterocycles. The maximum Gasteiger partial charge on any atom is 0.305 e. The second-order valence-corrected chi connectivity index (χ2v) is 4.35. The third-order valence-electron chi connectivity index (χ3n) is 3.03. The van der Waals surface area contributed by atoms with E-state index in [-0.39, 0.29) is 5.97 Å². The largest absolute Gasteiger partial charge is 0.469 e. The Morgan fingerprint density at radius 2 is 1.94 bits per heavy atom. The van der Waals surface area contributed by atoms with Crippen LogP contribution in [0.15, 0.2) is 0 Å². The first-order valence-electron chi connectivity index (χ1n) is 5.95. The summed E-state index contributed by atoms with van der Waals surface area (Å²) >= 11 is 0. The summed E-state index contributed by atoms with van der Waals surface area (Å²) in [4.78, 5) is 13.0. The van der Waals surface area contributed by atoms with Crippen LogP contribution < -0.4 is 0 Å². The number of hydrogen-bond acceptors (Lipinski definition) is 4. The summed E-state index contributed by atoms with van der Waals surface area (Å²) < 4.78 is 4.57. The molecule has 0 heterocycles. The highest BCUT2D eigenvalue weighted by Crippen LogP contribution is 2.15. The van der Waals surface area contributed by atoms with E-state index in [9.17, 15) is 9.90 Å². The Hall–Kier alpha value is -0.610. The standard InChI is InChI=1S/C12H25NO3/c1-5-12(15,6-2)10-13(3)9-7-8-11(14)16-4/h15H,5-10H2,1-4H3. The van der Waals surface area contributed by atoms with Gasteiger partial charge in [-0.25, -0.2) is 0 Å². The van der Waals surface area contributed by atoms with E-state index in [1.165, 1.54) is 7.11 Å². The van der Waals surface area contributed by atoms with Crippen LogP contribution in [0.3, 0.4) is 0 Å². The average molecular weight is 231 g/mol. The van der Waals surface area contributed by atoms with Crippen molar-refractivity contribution in [1.82, 2.24) is 4.90 Å². The van der Waals surface area contributed by atoms with Crippen LogP contribution in [0.5, 0.6) is 0 Å². The monoisotopic (exact) mass is 231 g/mol. The van der Waals surface area contributed by atoms with E-state index >= 15 is 0 Å². The molecule has 0 amide bonds. The zero-order valence-corrected chi connectivity index (χ0v) is 11.0. The van der Waals surface area contributed by atoms with Crippen molar-refractivity contribution in [3.63, 3.8) is 0 Å². The summed E-state index contributed by atoms with van der Waals surface area (Å²) in [6.07, 6.45) is 2.72. The fraction of sp³-hybridized carbons (Fsp3) is 0.917. The molecule has 0 unspecified atom stereocenters. The zero-order chi connectivity index (χ0) is 12.6. The molecule has 0 radical (unpaired) electrons. The SMILES string of the molecule is CCC(O)(CC)CN(C)CCCC(=O)OC. The van der Waals surface area contributed by atoms with Crippen LogP contribution in [0.25, 0.3) is 0 Å². The summed E-state index contributed by atoms with van der Waals surface area (Å²) in [6, 6.07) is 0. The molecule has 0 saturated carbocycles. The number of rotatable bonds is 8. The van der Waals surface area contributed by atoms with Crippen LogP contribution in [0.2, 0.25) is 0 Å². The van der Waals surface area contributed by atoms with Crippen LogP contribution in [-0.2, 0) is 9.53 Å². The number of esters is 1.